The van der Waals surface area contributed by atoms with Gasteiger partial charge in [0.05, 0.1) is 26.6 Å². The average molecular weight is 541 g/mol. The topological polar surface area (TPSA) is 108 Å². The van der Waals surface area contributed by atoms with Crippen molar-refractivity contribution in [1.29, 1.82) is 5.26 Å². The van der Waals surface area contributed by atoms with Crippen molar-refractivity contribution >= 4 is 39.2 Å². The molecule has 0 radical (unpaired) electrons. The molecular formula is C23H16Cl2F2N2O5S. The Hall–Kier alpha value is -3.23. The molecule has 0 saturated carbocycles. The fourth-order valence-electron chi connectivity index (χ4n) is 3.16. The zero-order valence-electron chi connectivity index (χ0n) is 17.9. The van der Waals surface area contributed by atoms with E-state index in [0.717, 1.165) is 28.6 Å². The number of halogens is 4. The van der Waals surface area contributed by atoms with Crippen molar-refractivity contribution in [3.63, 3.8) is 0 Å². The predicted octanol–water partition coefficient (Wildman–Crippen LogP) is 5.09. The van der Waals surface area contributed by atoms with E-state index < -0.39 is 40.8 Å². The van der Waals surface area contributed by atoms with Crippen molar-refractivity contribution in [2.75, 3.05) is 13.7 Å². The summed E-state index contributed by atoms with van der Waals surface area (Å²) < 4.78 is 61.0. The van der Waals surface area contributed by atoms with Crippen LogP contribution in [0, 0.1) is 23.0 Å². The van der Waals surface area contributed by atoms with Crippen LogP contribution in [0.1, 0.15) is 11.1 Å². The number of rotatable bonds is 8. The monoisotopic (exact) mass is 540 g/mol. The SMILES string of the molecule is CN(Cc1cc(-c2cc(F)cc(C#N)c2)c(OCC(=O)O)cc1F)S(=O)(=O)c1ccc(Cl)c(Cl)c1. The molecule has 0 amide bonds. The molecule has 3 rings (SSSR count). The Morgan fingerprint density at radius 3 is 2.46 bits per heavy atom. The lowest BCUT2D eigenvalue weighted by Crippen LogP contribution is -2.27. The minimum Gasteiger partial charge on any atom is -0.481 e. The van der Waals surface area contributed by atoms with Crippen LogP contribution in [0.15, 0.2) is 53.4 Å². The number of carboxylic acid groups (broad SMARTS) is 1. The molecule has 35 heavy (non-hydrogen) atoms. The summed E-state index contributed by atoms with van der Waals surface area (Å²) in [6, 6.07) is 11.0. The number of carbonyl (C=O) groups is 1. The average Bonchev–Trinajstić information content (AvgIpc) is 2.80. The Kier molecular flexibility index (Phi) is 7.97. The Labute approximate surface area is 209 Å². The molecule has 3 aromatic carbocycles. The van der Waals surface area contributed by atoms with E-state index in [4.69, 9.17) is 38.3 Å². The summed E-state index contributed by atoms with van der Waals surface area (Å²) >= 11 is 11.8. The second-order valence-corrected chi connectivity index (χ2v) is 10.2. The molecule has 3 aromatic rings. The van der Waals surface area contributed by atoms with Gasteiger partial charge in [0.25, 0.3) is 0 Å². The van der Waals surface area contributed by atoms with Gasteiger partial charge in [-0.05, 0) is 48.0 Å². The molecule has 0 heterocycles. The van der Waals surface area contributed by atoms with Gasteiger partial charge in [0.15, 0.2) is 6.61 Å². The number of benzene rings is 3. The van der Waals surface area contributed by atoms with Crippen LogP contribution in [-0.4, -0.2) is 37.5 Å². The van der Waals surface area contributed by atoms with Crippen LogP contribution in [0.5, 0.6) is 5.75 Å². The number of nitrogens with zero attached hydrogens (tertiary/aromatic N) is 2. The first-order valence-electron chi connectivity index (χ1n) is 9.72. The molecule has 1 N–H and O–H groups in total. The summed E-state index contributed by atoms with van der Waals surface area (Å²) in [4.78, 5) is 10.8. The van der Waals surface area contributed by atoms with Crippen LogP contribution >= 0.6 is 23.2 Å². The maximum absolute atomic E-state index is 14.9. The molecule has 0 aromatic heterocycles. The van der Waals surface area contributed by atoms with Gasteiger partial charge in [0.1, 0.15) is 17.4 Å². The van der Waals surface area contributed by atoms with E-state index in [9.17, 15) is 22.0 Å². The molecule has 0 unspecified atom stereocenters. The molecule has 182 valence electrons. The van der Waals surface area contributed by atoms with Crippen molar-refractivity contribution in [2.45, 2.75) is 11.4 Å². The van der Waals surface area contributed by atoms with Crippen molar-refractivity contribution in [2.24, 2.45) is 0 Å². The van der Waals surface area contributed by atoms with Crippen LogP contribution in [0.2, 0.25) is 10.0 Å². The second-order valence-electron chi connectivity index (χ2n) is 7.30. The molecule has 0 aliphatic heterocycles. The second kappa shape index (κ2) is 10.6. The number of ether oxygens (including phenoxy) is 1. The third-order valence-corrected chi connectivity index (χ3v) is 7.37. The fourth-order valence-corrected chi connectivity index (χ4v) is 4.70. The van der Waals surface area contributed by atoms with Gasteiger partial charge in [-0.25, -0.2) is 22.0 Å². The maximum atomic E-state index is 14.9. The van der Waals surface area contributed by atoms with Gasteiger partial charge < -0.3 is 9.84 Å². The Morgan fingerprint density at radius 2 is 1.83 bits per heavy atom. The normalized spacial score (nSPS) is 11.3. The maximum Gasteiger partial charge on any atom is 0.341 e. The zero-order valence-corrected chi connectivity index (χ0v) is 20.3. The number of carboxylic acids is 1. The summed E-state index contributed by atoms with van der Waals surface area (Å²) in [5.74, 6) is -3.20. The van der Waals surface area contributed by atoms with Gasteiger partial charge in [-0.15, -0.1) is 0 Å². The van der Waals surface area contributed by atoms with Gasteiger partial charge in [0.2, 0.25) is 10.0 Å². The highest BCUT2D eigenvalue weighted by atomic mass is 35.5. The van der Waals surface area contributed by atoms with Crippen molar-refractivity contribution in [3.8, 4) is 22.9 Å². The smallest absolute Gasteiger partial charge is 0.341 e. The summed E-state index contributed by atoms with van der Waals surface area (Å²) in [7, 11) is -2.88. The van der Waals surface area contributed by atoms with E-state index >= 15 is 0 Å². The van der Waals surface area contributed by atoms with Crippen LogP contribution < -0.4 is 4.74 Å². The van der Waals surface area contributed by atoms with Crippen LogP contribution in [0.3, 0.4) is 0 Å². The standard InChI is InChI=1S/C23H16Cl2F2N2O5S/c1-29(35(32,33)17-2-3-19(24)20(25)8-17)11-15-7-18(14-4-13(10-28)5-16(26)6-14)22(9-21(15)27)34-12-23(30)31/h2-9H,11-12H2,1H3,(H,30,31). The van der Waals surface area contributed by atoms with Gasteiger partial charge >= 0.3 is 5.97 Å². The van der Waals surface area contributed by atoms with Gasteiger partial charge in [-0.2, -0.15) is 9.57 Å². The van der Waals surface area contributed by atoms with E-state index in [0.29, 0.717) is 0 Å². The van der Waals surface area contributed by atoms with Crippen molar-refractivity contribution in [1.82, 2.24) is 4.31 Å². The summed E-state index contributed by atoms with van der Waals surface area (Å²) in [6.45, 7) is -1.25. The number of nitriles is 1. The highest BCUT2D eigenvalue weighted by Gasteiger charge is 2.24. The third kappa shape index (κ3) is 6.07. The summed E-state index contributed by atoms with van der Waals surface area (Å²) in [5, 5.41) is 18.3. The van der Waals surface area contributed by atoms with E-state index in [2.05, 4.69) is 0 Å². The lowest BCUT2D eigenvalue weighted by Gasteiger charge is -2.20. The molecule has 0 spiro atoms. The lowest BCUT2D eigenvalue weighted by atomic mass is 9.99. The molecule has 0 aliphatic rings. The third-order valence-electron chi connectivity index (χ3n) is 4.83. The van der Waals surface area contributed by atoms with Crippen molar-refractivity contribution < 1.29 is 31.8 Å². The molecule has 0 atom stereocenters. The molecule has 12 heteroatoms. The zero-order chi connectivity index (χ0) is 25.9. The number of sulfonamides is 1. The Morgan fingerprint density at radius 1 is 1.11 bits per heavy atom. The number of aliphatic carboxylic acids is 1. The number of hydrogen-bond donors (Lipinski definition) is 1. The molecular weight excluding hydrogens is 525 g/mol. The molecule has 0 bridgehead atoms. The van der Waals surface area contributed by atoms with Crippen LogP contribution in [-0.2, 0) is 21.4 Å². The molecule has 0 saturated heterocycles. The highest BCUT2D eigenvalue weighted by molar-refractivity contribution is 7.89. The van der Waals surface area contributed by atoms with E-state index in [1.807, 2.05) is 0 Å². The fraction of sp³-hybridized carbons (Fsp3) is 0.130. The van der Waals surface area contributed by atoms with Crippen molar-refractivity contribution in [3.05, 3.63) is 81.3 Å². The Balaban J connectivity index is 2.06. The van der Waals surface area contributed by atoms with E-state index in [1.54, 1.807) is 6.07 Å². The molecule has 0 aliphatic carbocycles. The lowest BCUT2D eigenvalue weighted by molar-refractivity contribution is -0.139. The summed E-state index contributed by atoms with van der Waals surface area (Å²) in [6.07, 6.45) is 0. The number of hydrogen-bond acceptors (Lipinski definition) is 5. The first kappa shape index (κ1) is 26.4. The van der Waals surface area contributed by atoms with Crippen LogP contribution in [0.4, 0.5) is 8.78 Å². The predicted molar refractivity (Wildman–Crippen MR) is 125 cm³/mol. The Bertz CT molecular complexity index is 1460. The minimum absolute atomic E-state index is 0.0222. The van der Waals surface area contributed by atoms with Gasteiger partial charge in [0, 0.05) is 30.8 Å². The highest BCUT2D eigenvalue weighted by Crippen LogP contribution is 2.35. The largest absolute Gasteiger partial charge is 0.481 e. The van der Waals surface area contributed by atoms with Crippen LogP contribution in [0.25, 0.3) is 11.1 Å². The quantitative estimate of drug-likeness (QED) is 0.426. The van der Waals surface area contributed by atoms with Gasteiger partial charge in [-0.1, -0.05) is 23.2 Å². The molecule has 0 fully saturated rings. The van der Waals surface area contributed by atoms with E-state index in [-0.39, 0.29) is 42.9 Å². The molecule has 7 nitrogen and oxygen atoms in total. The van der Waals surface area contributed by atoms with E-state index in [1.165, 1.54) is 31.3 Å². The summed E-state index contributed by atoms with van der Waals surface area (Å²) in [5.41, 5.74) is 0.0307. The van der Waals surface area contributed by atoms with Gasteiger partial charge in [-0.3, -0.25) is 0 Å². The first-order chi connectivity index (χ1) is 16.4. The first-order valence-corrected chi connectivity index (χ1v) is 11.9. The minimum atomic E-state index is -4.11.